The number of hydrogen-bond acceptors (Lipinski definition) is 4. The normalized spacial score (nSPS) is 12.9. The van der Waals surface area contributed by atoms with Crippen LogP contribution >= 0.6 is 0 Å². The van der Waals surface area contributed by atoms with E-state index in [4.69, 9.17) is 9.88 Å². The largest absolute Gasteiger partial charge is 0.479 e. The lowest BCUT2D eigenvalue weighted by Crippen LogP contribution is -2.34. The van der Waals surface area contributed by atoms with Crippen LogP contribution in [-0.4, -0.2) is 27.5 Å². The molecule has 0 heterocycles. The fourth-order valence-electron chi connectivity index (χ4n) is 1.23. The van der Waals surface area contributed by atoms with Gasteiger partial charge in [-0.3, -0.25) is 4.79 Å². The van der Waals surface area contributed by atoms with E-state index < -0.39 is 16.1 Å². The Morgan fingerprint density at radius 3 is 2.53 bits per heavy atom. The first-order valence-corrected chi connectivity index (χ1v) is 6.41. The minimum absolute atomic E-state index is 0.0612. The van der Waals surface area contributed by atoms with Crippen LogP contribution in [0.3, 0.4) is 0 Å². The molecule has 1 unspecified atom stereocenters. The van der Waals surface area contributed by atoms with E-state index in [0.29, 0.717) is 0 Å². The van der Waals surface area contributed by atoms with Crippen LogP contribution in [-0.2, 0) is 14.8 Å². The van der Waals surface area contributed by atoms with Crippen LogP contribution in [0.5, 0.6) is 5.75 Å². The summed E-state index contributed by atoms with van der Waals surface area (Å²) in [7, 11) is -2.40. The molecular formula is C10H14N2O4S. The molecule has 1 atom stereocenters. The molecule has 0 aliphatic rings. The predicted molar refractivity (Wildman–Crippen MR) is 62.0 cm³/mol. The summed E-state index contributed by atoms with van der Waals surface area (Å²) in [5, 5.41) is 7.43. The molecule has 0 aromatic heterocycles. The number of ether oxygens (including phenoxy) is 1. The topological polar surface area (TPSA) is 98.5 Å². The van der Waals surface area contributed by atoms with Crippen molar-refractivity contribution in [3.05, 3.63) is 24.3 Å². The Balaban J connectivity index is 3.04. The highest BCUT2D eigenvalue weighted by atomic mass is 32.2. The Kier molecular flexibility index (Phi) is 4.08. The first-order valence-electron chi connectivity index (χ1n) is 4.86. The Labute approximate surface area is 99.8 Å². The van der Waals surface area contributed by atoms with Gasteiger partial charge in [-0.1, -0.05) is 12.1 Å². The van der Waals surface area contributed by atoms with E-state index in [1.54, 1.807) is 6.07 Å². The summed E-state index contributed by atoms with van der Waals surface area (Å²) < 4.78 is 27.8. The van der Waals surface area contributed by atoms with E-state index >= 15 is 0 Å². The third kappa shape index (κ3) is 3.43. The number of sulfonamides is 1. The van der Waals surface area contributed by atoms with Crippen LogP contribution < -0.4 is 15.2 Å². The molecule has 7 heteroatoms. The first-order chi connectivity index (χ1) is 7.86. The van der Waals surface area contributed by atoms with E-state index in [1.807, 2.05) is 0 Å². The summed E-state index contributed by atoms with van der Waals surface area (Å²) in [4.78, 5) is 11.1. The smallest absolute Gasteiger partial charge is 0.260 e. The van der Waals surface area contributed by atoms with Crippen LogP contribution in [0.1, 0.15) is 6.92 Å². The predicted octanol–water partition coefficient (Wildman–Crippen LogP) is -0.153. The summed E-state index contributed by atoms with van der Waals surface area (Å²) in [5.41, 5.74) is 0. The van der Waals surface area contributed by atoms with Crippen LogP contribution in [0.4, 0.5) is 0 Å². The first kappa shape index (κ1) is 13.5. The zero-order chi connectivity index (χ0) is 13.1. The molecule has 0 radical (unpaired) electrons. The number of rotatable bonds is 4. The summed E-state index contributed by atoms with van der Waals surface area (Å²) in [5.74, 6) is -0.291. The fraction of sp³-hybridized carbons (Fsp3) is 0.300. The Morgan fingerprint density at radius 1 is 1.41 bits per heavy atom. The molecule has 3 N–H and O–H groups in total. The van der Waals surface area contributed by atoms with E-state index in [9.17, 15) is 13.2 Å². The molecule has 6 nitrogen and oxygen atoms in total. The molecule has 1 aromatic carbocycles. The number of primary sulfonamides is 1. The van der Waals surface area contributed by atoms with Crippen molar-refractivity contribution in [3.63, 3.8) is 0 Å². The Morgan fingerprint density at radius 2 is 2.00 bits per heavy atom. The van der Waals surface area contributed by atoms with Crippen molar-refractivity contribution >= 4 is 15.9 Å². The second-order valence-corrected chi connectivity index (χ2v) is 4.90. The van der Waals surface area contributed by atoms with Gasteiger partial charge in [0.1, 0.15) is 10.6 Å². The van der Waals surface area contributed by atoms with Gasteiger partial charge in [0, 0.05) is 7.05 Å². The van der Waals surface area contributed by atoms with E-state index in [0.717, 1.165) is 0 Å². The summed E-state index contributed by atoms with van der Waals surface area (Å²) >= 11 is 0. The van der Waals surface area contributed by atoms with Crippen LogP contribution in [0.25, 0.3) is 0 Å². The second-order valence-electron chi connectivity index (χ2n) is 3.37. The van der Waals surface area contributed by atoms with Gasteiger partial charge >= 0.3 is 0 Å². The lowest BCUT2D eigenvalue weighted by Gasteiger charge is -2.15. The van der Waals surface area contributed by atoms with Gasteiger partial charge in [-0.15, -0.1) is 0 Å². The minimum atomic E-state index is -3.87. The maximum absolute atomic E-state index is 11.3. The highest BCUT2D eigenvalue weighted by molar-refractivity contribution is 7.89. The number of likely N-dealkylation sites (N-methyl/N-ethyl adjacent to an activating group) is 1. The third-order valence-electron chi connectivity index (χ3n) is 2.08. The maximum atomic E-state index is 11.3. The van der Waals surface area contributed by atoms with E-state index in [1.165, 1.54) is 32.2 Å². The minimum Gasteiger partial charge on any atom is -0.479 e. The standard InChI is InChI=1S/C10H14N2O4S/c1-7(10(13)12-2)16-8-5-3-4-6-9(8)17(11,14)15/h3-7H,1-2H3,(H,12,13)(H2,11,14,15). The highest BCUT2D eigenvalue weighted by Gasteiger charge is 2.19. The number of benzene rings is 1. The Bertz CT molecular complexity index is 513. The molecule has 1 amide bonds. The average Bonchev–Trinajstić information content (AvgIpc) is 2.27. The number of hydrogen-bond donors (Lipinski definition) is 2. The molecule has 0 fully saturated rings. The van der Waals surface area contributed by atoms with Crippen molar-refractivity contribution in [2.24, 2.45) is 5.14 Å². The molecule has 0 saturated carbocycles. The summed E-state index contributed by atoms with van der Waals surface area (Å²) in [6.45, 7) is 1.51. The van der Waals surface area contributed by atoms with Gasteiger partial charge in [-0.2, -0.15) is 0 Å². The number of amides is 1. The number of nitrogens with two attached hydrogens (primary N) is 1. The molecule has 17 heavy (non-hydrogen) atoms. The van der Waals surface area contributed by atoms with Gasteiger partial charge in [0.25, 0.3) is 5.91 Å². The number of para-hydroxylation sites is 1. The fourth-order valence-corrected chi connectivity index (χ4v) is 1.89. The third-order valence-corrected chi connectivity index (χ3v) is 3.03. The van der Waals surface area contributed by atoms with Crippen molar-refractivity contribution in [1.82, 2.24) is 5.32 Å². The van der Waals surface area contributed by atoms with Gasteiger partial charge in [0.2, 0.25) is 10.0 Å². The van der Waals surface area contributed by atoms with Crippen molar-refractivity contribution in [2.45, 2.75) is 17.9 Å². The van der Waals surface area contributed by atoms with Crippen LogP contribution in [0.15, 0.2) is 29.2 Å². The van der Waals surface area contributed by atoms with Crippen LogP contribution in [0.2, 0.25) is 0 Å². The molecule has 0 spiro atoms. The molecule has 0 aliphatic carbocycles. The monoisotopic (exact) mass is 258 g/mol. The SMILES string of the molecule is CNC(=O)C(C)Oc1ccccc1S(N)(=O)=O. The van der Waals surface area contributed by atoms with Crippen molar-refractivity contribution in [3.8, 4) is 5.75 Å². The molecule has 1 aromatic rings. The van der Waals surface area contributed by atoms with Gasteiger partial charge in [-0.05, 0) is 19.1 Å². The van der Waals surface area contributed by atoms with Gasteiger partial charge in [-0.25, -0.2) is 13.6 Å². The molecule has 0 saturated heterocycles. The van der Waals surface area contributed by atoms with Gasteiger partial charge in [0.15, 0.2) is 6.10 Å². The second kappa shape index (κ2) is 5.15. The molecule has 94 valence electrons. The quantitative estimate of drug-likeness (QED) is 0.784. The Hall–Kier alpha value is -1.60. The molecule has 0 aliphatic heterocycles. The number of nitrogens with one attached hydrogen (secondary N) is 1. The number of carbonyl (C=O) groups is 1. The molecular weight excluding hydrogens is 244 g/mol. The van der Waals surface area contributed by atoms with E-state index in [-0.39, 0.29) is 16.6 Å². The van der Waals surface area contributed by atoms with Crippen LogP contribution in [0, 0.1) is 0 Å². The van der Waals surface area contributed by atoms with Gasteiger partial charge < -0.3 is 10.1 Å². The van der Waals surface area contributed by atoms with Gasteiger partial charge in [0.05, 0.1) is 0 Å². The van der Waals surface area contributed by atoms with E-state index in [2.05, 4.69) is 5.32 Å². The molecule has 0 bridgehead atoms. The maximum Gasteiger partial charge on any atom is 0.260 e. The lowest BCUT2D eigenvalue weighted by atomic mass is 10.3. The zero-order valence-corrected chi connectivity index (χ0v) is 10.3. The summed E-state index contributed by atoms with van der Waals surface area (Å²) in [6, 6.07) is 5.89. The molecule has 1 rings (SSSR count). The van der Waals surface area contributed by atoms with Crippen molar-refractivity contribution in [1.29, 1.82) is 0 Å². The zero-order valence-electron chi connectivity index (χ0n) is 9.51. The summed E-state index contributed by atoms with van der Waals surface area (Å²) in [6.07, 6.45) is -0.803. The number of carbonyl (C=O) groups excluding carboxylic acids is 1. The average molecular weight is 258 g/mol. The van der Waals surface area contributed by atoms with Crippen molar-refractivity contribution < 1.29 is 17.9 Å². The highest BCUT2D eigenvalue weighted by Crippen LogP contribution is 2.22. The lowest BCUT2D eigenvalue weighted by molar-refractivity contribution is -0.126. The van der Waals surface area contributed by atoms with Crippen molar-refractivity contribution in [2.75, 3.05) is 7.05 Å².